The number of rotatable bonds is 2. The van der Waals surface area contributed by atoms with Gasteiger partial charge in [-0.1, -0.05) is 12.1 Å². The molecule has 0 atom stereocenters. The number of carbonyl (C=O) groups is 3. The van der Waals surface area contributed by atoms with E-state index >= 15 is 0 Å². The second-order valence-corrected chi connectivity index (χ2v) is 5.61. The number of carbonyl (C=O) groups excluding carboxylic acids is 2. The first kappa shape index (κ1) is 12.6. The van der Waals surface area contributed by atoms with Crippen LogP contribution in [0.1, 0.15) is 36.0 Å². The molecule has 5 nitrogen and oxygen atoms in total. The molecule has 2 amide bonds. The Hall–Kier alpha value is -2.47. The molecule has 0 aliphatic carbocycles. The molecule has 1 aliphatic heterocycles. The van der Waals surface area contributed by atoms with Crippen LogP contribution in [0.3, 0.4) is 0 Å². The second-order valence-electron chi connectivity index (χ2n) is 4.37. The molecule has 1 aromatic heterocycles. The second kappa shape index (κ2) is 4.28. The van der Waals surface area contributed by atoms with E-state index in [1.807, 2.05) is 0 Å². The number of thiophene rings is 1. The molecule has 1 N–H and O–H groups in total. The molecule has 6 heteroatoms. The first-order valence-corrected chi connectivity index (χ1v) is 6.64. The summed E-state index contributed by atoms with van der Waals surface area (Å²) in [5.74, 6) is -2.11. The number of amides is 2. The smallest absolute Gasteiger partial charge is 0.338 e. The molecule has 2 heterocycles. The molecule has 100 valence electrons. The molecule has 0 fully saturated rings. The molecule has 0 radical (unpaired) electrons. The van der Waals surface area contributed by atoms with Crippen molar-refractivity contribution in [3.8, 4) is 0 Å². The van der Waals surface area contributed by atoms with Crippen molar-refractivity contribution in [2.45, 2.75) is 6.92 Å². The molecular weight excluding hydrogens is 278 g/mol. The van der Waals surface area contributed by atoms with Gasteiger partial charge in [-0.3, -0.25) is 9.59 Å². The summed E-state index contributed by atoms with van der Waals surface area (Å²) in [5, 5.41) is 9.35. The van der Waals surface area contributed by atoms with Crippen LogP contribution in [-0.4, -0.2) is 22.9 Å². The highest BCUT2D eigenvalue weighted by atomic mass is 32.1. The molecular formula is C14H9NO4S. The van der Waals surface area contributed by atoms with Crippen molar-refractivity contribution in [3.63, 3.8) is 0 Å². The summed E-state index contributed by atoms with van der Waals surface area (Å²) >= 11 is 1.12. The van der Waals surface area contributed by atoms with Crippen LogP contribution in [0.4, 0.5) is 5.00 Å². The standard InChI is InChI=1S/C14H9NO4S/c1-7-6-10(14(18)19)13(20-7)15-11(16)8-4-2-3-5-9(8)12(15)17/h2-6H,1H3,(H,18,19). The molecule has 20 heavy (non-hydrogen) atoms. The van der Waals surface area contributed by atoms with Crippen LogP contribution < -0.4 is 4.90 Å². The first-order chi connectivity index (χ1) is 9.50. The van der Waals surface area contributed by atoms with Gasteiger partial charge in [0.05, 0.1) is 16.7 Å². The number of benzene rings is 1. The minimum atomic E-state index is -1.15. The zero-order valence-corrected chi connectivity index (χ0v) is 11.2. The van der Waals surface area contributed by atoms with Gasteiger partial charge in [0.1, 0.15) is 5.00 Å². The van der Waals surface area contributed by atoms with Gasteiger partial charge < -0.3 is 5.11 Å². The minimum Gasteiger partial charge on any atom is -0.478 e. The predicted octanol–water partition coefficient (Wildman–Crippen LogP) is 2.56. The van der Waals surface area contributed by atoms with Crippen molar-refractivity contribution in [3.05, 3.63) is 51.9 Å². The largest absolute Gasteiger partial charge is 0.478 e. The van der Waals surface area contributed by atoms with Crippen LogP contribution in [0.5, 0.6) is 0 Å². The monoisotopic (exact) mass is 287 g/mol. The van der Waals surface area contributed by atoms with Crippen molar-refractivity contribution in [1.29, 1.82) is 0 Å². The number of fused-ring (bicyclic) bond motifs is 1. The lowest BCUT2D eigenvalue weighted by molar-refractivity contribution is 0.0698. The Kier molecular flexibility index (Phi) is 2.69. The summed E-state index contributed by atoms with van der Waals surface area (Å²) in [7, 11) is 0. The molecule has 1 aliphatic rings. The maximum Gasteiger partial charge on any atom is 0.338 e. The van der Waals surface area contributed by atoms with E-state index in [0.29, 0.717) is 11.1 Å². The number of imide groups is 1. The van der Waals surface area contributed by atoms with Crippen LogP contribution in [-0.2, 0) is 0 Å². The number of hydrogen-bond acceptors (Lipinski definition) is 4. The minimum absolute atomic E-state index is 0.0259. The lowest BCUT2D eigenvalue weighted by Gasteiger charge is -2.12. The lowest BCUT2D eigenvalue weighted by Crippen LogP contribution is -2.29. The summed E-state index contributed by atoms with van der Waals surface area (Å²) in [6, 6.07) is 7.94. The number of aryl methyl sites for hydroxylation is 1. The highest BCUT2D eigenvalue weighted by molar-refractivity contribution is 7.17. The normalized spacial score (nSPS) is 13.8. The molecule has 0 saturated heterocycles. The Morgan fingerprint density at radius 2 is 1.70 bits per heavy atom. The van der Waals surface area contributed by atoms with Gasteiger partial charge in [0, 0.05) is 4.88 Å². The third-order valence-corrected chi connectivity index (χ3v) is 4.10. The van der Waals surface area contributed by atoms with Gasteiger partial charge in [-0.25, -0.2) is 9.69 Å². The maximum atomic E-state index is 12.3. The van der Waals surface area contributed by atoms with Gasteiger partial charge in [0.25, 0.3) is 11.8 Å². The average Bonchev–Trinajstić information content (AvgIpc) is 2.90. The summed E-state index contributed by atoms with van der Waals surface area (Å²) in [5.41, 5.74) is 0.585. The number of carboxylic acid groups (broad SMARTS) is 1. The number of anilines is 1. The van der Waals surface area contributed by atoms with E-state index in [0.717, 1.165) is 21.1 Å². The van der Waals surface area contributed by atoms with Crippen molar-refractivity contribution >= 4 is 34.1 Å². The van der Waals surface area contributed by atoms with Gasteiger partial charge in [0.2, 0.25) is 0 Å². The Morgan fingerprint density at radius 1 is 1.15 bits per heavy atom. The lowest BCUT2D eigenvalue weighted by atomic mass is 10.1. The Balaban J connectivity index is 2.17. The zero-order valence-electron chi connectivity index (χ0n) is 10.4. The Bertz CT molecular complexity index is 727. The van der Waals surface area contributed by atoms with Crippen LogP contribution in [0.15, 0.2) is 30.3 Å². The van der Waals surface area contributed by atoms with Crippen molar-refractivity contribution < 1.29 is 19.5 Å². The number of nitrogens with zero attached hydrogens (tertiary/aromatic N) is 1. The van der Waals surface area contributed by atoms with E-state index in [1.54, 1.807) is 31.2 Å². The molecule has 3 rings (SSSR count). The van der Waals surface area contributed by atoms with Crippen LogP contribution in [0.2, 0.25) is 0 Å². The van der Waals surface area contributed by atoms with Crippen LogP contribution >= 0.6 is 11.3 Å². The fourth-order valence-corrected chi connectivity index (χ4v) is 3.19. The molecule has 0 spiro atoms. The topological polar surface area (TPSA) is 74.7 Å². The van der Waals surface area contributed by atoms with Crippen molar-refractivity contribution in [1.82, 2.24) is 0 Å². The average molecular weight is 287 g/mol. The van der Waals surface area contributed by atoms with Crippen molar-refractivity contribution in [2.24, 2.45) is 0 Å². The summed E-state index contributed by atoms with van der Waals surface area (Å²) in [6.07, 6.45) is 0. The van der Waals surface area contributed by atoms with E-state index in [4.69, 9.17) is 0 Å². The van der Waals surface area contributed by atoms with Crippen LogP contribution in [0, 0.1) is 6.92 Å². The van der Waals surface area contributed by atoms with Gasteiger partial charge in [-0.05, 0) is 25.1 Å². The molecule has 0 bridgehead atoms. The molecule has 0 saturated carbocycles. The van der Waals surface area contributed by atoms with E-state index < -0.39 is 17.8 Å². The third-order valence-electron chi connectivity index (χ3n) is 3.06. The highest BCUT2D eigenvalue weighted by Crippen LogP contribution is 2.36. The van der Waals surface area contributed by atoms with Gasteiger partial charge in [0.15, 0.2) is 0 Å². The Labute approximate surface area is 118 Å². The quantitative estimate of drug-likeness (QED) is 0.861. The van der Waals surface area contributed by atoms with E-state index in [9.17, 15) is 19.5 Å². The highest BCUT2D eigenvalue weighted by Gasteiger charge is 2.39. The van der Waals surface area contributed by atoms with E-state index in [-0.39, 0.29) is 10.6 Å². The van der Waals surface area contributed by atoms with Gasteiger partial charge >= 0.3 is 5.97 Å². The summed E-state index contributed by atoms with van der Waals surface area (Å²) < 4.78 is 0. The first-order valence-electron chi connectivity index (χ1n) is 5.82. The summed E-state index contributed by atoms with van der Waals surface area (Å²) in [6.45, 7) is 1.73. The fourth-order valence-electron chi connectivity index (χ4n) is 2.19. The van der Waals surface area contributed by atoms with Gasteiger partial charge in [-0.2, -0.15) is 0 Å². The SMILES string of the molecule is Cc1cc(C(=O)O)c(N2C(=O)c3ccccc3C2=O)s1. The molecule has 1 aromatic carbocycles. The molecule has 2 aromatic rings. The van der Waals surface area contributed by atoms with E-state index in [1.165, 1.54) is 6.07 Å². The fraction of sp³-hybridized carbons (Fsp3) is 0.0714. The van der Waals surface area contributed by atoms with Gasteiger partial charge in [-0.15, -0.1) is 11.3 Å². The van der Waals surface area contributed by atoms with E-state index in [2.05, 4.69) is 0 Å². The Morgan fingerprint density at radius 3 is 2.20 bits per heavy atom. The number of carboxylic acids is 1. The zero-order chi connectivity index (χ0) is 14.4. The maximum absolute atomic E-state index is 12.3. The third kappa shape index (κ3) is 1.65. The number of hydrogen-bond donors (Lipinski definition) is 1. The van der Waals surface area contributed by atoms with Crippen molar-refractivity contribution in [2.75, 3.05) is 4.90 Å². The van der Waals surface area contributed by atoms with Crippen LogP contribution in [0.25, 0.3) is 0 Å². The number of aromatic carboxylic acids is 1. The molecule has 0 unspecified atom stereocenters. The summed E-state index contributed by atoms with van der Waals surface area (Å²) in [4.78, 5) is 37.5. The predicted molar refractivity (Wildman–Crippen MR) is 73.6 cm³/mol.